The summed E-state index contributed by atoms with van der Waals surface area (Å²) in [6.07, 6.45) is 4.44. The van der Waals surface area contributed by atoms with E-state index in [4.69, 9.17) is 17.2 Å². The number of rotatable bonds is 14. The number of hydrogen-bond donors (Lipinski definition) is 20. The number of aliphatic hydroxyl groups is 2. The number of hydrogen-bond acceptors (Lipinski definition) is 26. The lowest BCUT2D eigenvalue weighted by molar-refractivity contribution is -0.142. The van der Waals surface area contributed by atoms with E-state index >= 15 is 0 Å². The van der Waals surface area contributed by atoms with Crippen molar-refractivity contribution in [3.63, 3.8) is 0 Å². The molecule has 15 atom stereocenters. The molecule has 17 amide bonds. The lowest BCUT2D eigenvalue weighted by Gasteiger charge is -2.31. The SMILES string of the molecule is CC(C)C[C@@H]1NC(=O)[C@H](C)NC(=O)[C@@H]2CCCN2C(=O)[C@H](Cc2cnc[nH]2)NC(=O)[C@H](CC(N)=O)NC(=O)[C@H](C(C)C)NC(=O)[C@H](CO)NC(=O)[C@@H]2CSSC[C@H](NC(=O)CN)C(=O)N[C@@H](CSSC[C@@H](C(N)=O)NC1=O)C(=O)N[C@@H](CO)C(=O)N[C@@H](Cc1cnc[nH]1)C(=O)N1CCC[C@H]1C(=O)N[C@@H](C)C(=O)N2. The number of amides is 17. The molecule has 4 aliphatic heterocycles. The highest BCUT2D eigenvalue weighted by Crippen LogP contribution is 2.27. The summed E-state index contributed by atoms with van der Waals surface area (Å²) in [4.78, 5) is 256. The molecule has 0 saturated carbocycles. The Hall–Kier alpha value is -9.31. The summed E-state index contributed by atoms with van der Waals surface area (Å²) in [7, 11) is 3.30. The number of nitrogens with zero attached hydrogens (tertiary/aromatic N) is 4. The minimum atomic E-state index is -1.93. The van der Waals surface area contributed by atoms with E-state index in [-0.39, 0.29) is 69.7 Å². The quantitative estimate of drug-likeness (QED) is 0.0781. The van der Waals surface area contributed by atoms with Crippen molar-refractivity contribution in [1.29, 1.82) is 0 Å². The summed E-state index contributed by atoms with van der Waals surface area (Å²) in [5.74, 6) is -19.9. The van der Waals surface area contributed by atoms with Gasteiger partial charge in [-0.25, -0.2) is 9.97 Å². The Balaban J connectivity index is 1.42. The molecule has 0 aliphatic carbocycles. The molecule has 6 heterocycles. The van der Waals surface area contributed by atoms with Crippen LogP contribution in [0.15, 0.2) is 25.0 Å². The Bertz CT molecular complexity index is 3560. The maximum absolute atomic E-state index is 14.7. The number of aromatic nitrogens is 4. The smallest absolute Gasteiger partial charge is 0.246 e. The van der Waals surface area contributed by atoms with Gasteiger partial charge in [-0.15, -0.1) is 0 Å². The van der Waals surface area contributed by atoms with Crippen molar-refractivity contribution in [2.75, 3.05) is 55.9 Å². The van der Waals surface area contributed by atoms with Crippen LogP contribution in [-0.4, -0.2) is 287 Å². The summed E-state index contributed by atoms with van der Waals surface area (Å²) < 4.78 is 0. The van der Waals surface area contributed by atoms with E-state index in [0.29, 0.717) is 11.4 Å². The van der Waals surface area contributed by atoms with Gasteiger partial charge < -0.3 is 116 Å². The standard InChI is InChI=1S/C63H96N22O19S4/c1-28(2)13-34-52(93)80-40(49(66)90)22-105-107-25-43-58(99)78-38(20-86)54(95)77-37(15-33-19-68-27-70-33)63(104)85-12-8-10-45(85)60(101)72-31(6)51(92)81-42(24-108-106-23-41(56(97)82-43)73-47(89)17-64)57(98)79-39(21-87)55(96)83-48(29(3)4)61(102)75-35(16-46(65)88)53(94)76-36(14-32-18-67-26-69-32)62(103)84-11-7-9-44(84)59(100)71-30(5)50(91)74-34/h18-19,26-31,34-45,48,86-87H,7-17,20-25,64H2,1-6H3,(H2,65,88)(H2,66,90)(H,67,69)(H,68,70)(H,71,100)(H,72,101)(H,73,89)(H,74,91)(H,75,102)(H,76,94)(H,77,95)(H,78,99)(H,79,98)(H,80,93)(H,81,92)(H,82,97)(H,83,96)/t30-,31-,34-,35-,36-,37-,38-,39-,40-,41-,42-,43-,44-,45-,48-/m0/s1. The van der Waals surface area contributed by atoms with Crippen LogP contribution in [0.1, 0.15) is 91.5 Å². The number of nitrogens with one attached hydrogen (secondary N) is 15. The zero-order chi connectivity index (χ0) is 79.6. The molecule has 4 aliphatic rings. The van der Waals surface area contributed by atoms with E-state index in [1.54, 1.807) is 13.8 Å². The van der Waals surface area contributed by atoms with Gasteiger partial charge in [-0.05, 0) is 57.8 Å². The molecule has 0 radical (unpaired) electrons. The van der Waals surface area contributed by atoms with Crippen LogP contribution in [0.25, 0.3) is 0 Å². The first-order chi connectivity index (χ1) is 51.2. The Morgan fingerprint density at radius 3 is 1.38 bits per heavy atom. The Labute approximate surface area is 635 Å². The first kappa shape index (κ1) is 87.6. The summed E-state index contributed by atoms with van der Waals surface area (Å²) in [6.45, 7) is 5.97. The van der Waals surface area contributed by atoms with Gasteiger partial charge in [-0.2, -0.15) is 0 Å². The van der Waals surface area contributed by atoms with Crippen molar-refractivity contribution in [3.8, 4) is 0 Å². The maximum atomic E-state index is 14.7. The van der Waals surface area contributed by atoms with E-state index in [0.717, 1.165) is 48.1 Å². The molecule has 2 aromatic heterocycles. The molecule has 6 rings (SSSR count). The van der Waals surface area contributed by atoms with Crippen molar-refractivity contribution in [3.05, 3.63) is 36.4 Å². The summed E-state index contributed by atoms with van der Waals surface area (Å²) in [5, 5.41) is 53.8. The average Bonchev–Trinajstić information content (AvgIpc) is 1.63. The van der Waals surface area contributed by atoms with Gasteiger partial charge in [0.1, 0.15) is 90.6 Å². The number of imidazole rings is 2. The highest BCUT2D eigenvalue weighted by molar-refractivity contribution is 8.77. The van der Waals surface area contributed by atoms with Gasteiger partial charge in [0.05, 0.1) is 38.8 Å². The Kier molecular flexibility index (Phi) is 34.4. The minimum Gasteiger partial charge on any atom is -0.394 e. The lowest BCUT2D eigenvalue weighted by Crippen LogP contribution is -2.62. The monoisotopic (exact) mass is 1590 g/mol. The molecule has 45 heteroatoms. The summed E-state index contributed by atoms with van der Waals surface area (Å²) >= 11 is 0. The van der Waals surface area contributed by atoms with Crippen LogP contribution in [0.3, 0.4) is 0 Å². The molecule has 596 valence electrons. The van der Waals surface area contributed by atoms with Crippen LogP contribution in [0.2, 0.25) is 0 Å². The van der Waals surface area contributed by atoms with Crippen molar-refractivity contribution in [1.82, 2.24) is 98.9 Å². The van der Waals surface area contributed by atoms with Gasteiger partial charge in [-0.1, -0.05) is 70.9 Å². The normalized spacial score (nSPS) is 28.6. The van der Waals surface area contributed by atoms with Gasteiger partial charge in [0.2, 0.25) is 100 Å². The van der Waals surface area contributed by atoms with Crippen LogP contribution in [0.4, 0.5) is 0 Å². The van der Waals surface area contributed by atoms with E-state index < -0.39 is 240 Å². The summed E-state index contributed by atoms with van der Waals surface area (Å²) in [5.41, 5.74) is 17.7. The number of aliphatic hydroxyl groups excluding tert-OH is 2. The van der Waals surface area contributed by atoms with Crippen molar-refractivity contribution >= 4 is 144 Å². The molecule has 108 heavy (non-hydrogen) atoms. The number of aromatic amines is 2. The molecule has 2 bridgehead atoms. The lowest BCUT2D eigenvalue weighted by atomic mass is 10.0. The van der Waals surface area contributed by atoms with Crippen LogP contribution in [-0.2, 0) is 94.3 Å². The van der Waals surface area contributed by atoms with E-state index in [1.807, 2.05) is 0 Å². The Morgan fingerprint density at radius 1 is 0.509 bits per heavy atom. The molecule has 0 unspecified atom stereocenters. The van der Waals surface area contributed by atoms with Crippen molar-refractivity contribution < 1.29 is 91.7 Å². The van der Waals surface area contributed by atoms with Crippen LogP contribution in [0, 0.1) is 11.8 Å². The number of carbonyl (C=O) groups excluding carboxylic acids is 17. The second-order valence-corrected chi connectivity index (χ2v) is 31.8. The zero-order valence-electron chi connectivity index (χ0n) is 60.1. The first-order valence-corrected chi connectivity index (χ1v) is 39.7. The number of H-pyrrole nitrogens is 2. The third-order valence-corrected chi connectivity index (χ3v) is 22.3. The van der Waals surface area contributed by atoms with Gasteiger partial charge in [0.15, 0.2) is 0 Å². The molecule has 41 nitrogen and oxygen atoms in total. The fourth-order valence-electron chi connectivity index (χ4n) is 11.6. The molecule has 0 spiro atoms. The highest BCUT2D eigenvalue weighted by atomic mass is 33.1. The first-order valence-electron chi connectivity index (χ1n) is 34.7. The second-order valence-electron chi connectivity index (χ2n) is 26.7. The van der Waals surface area contributed by atoms with Crippen LogP contribution in [0.5, 0.6) is 0 Å². The molecule has 0 aromatic carbocycles. The fourth-order valence-corrected chi connectivity index (χ4v) is 16.3. The van der Waals surface area contributed by atoms with Crippen LogP contribution < -0.4 is 86.3 Å². The number of fused-ring (bicyclic) bond motifs is 10. The predicted molar refractivity (Wildman–Crippen MR) is 391 cm³/mol. The van der Waals surface area contributed by atoms with E-state index in [1.165, 1.54) is 57.6 Å². The van der Waals surface area contributed by atoms with Crippen molar-refractivity contribution in [2.45, 2.75) is 184 Å². The average molecular weight is 1590 g/mol. The molecule has 23 N–H and O–H groups in total. The number of nitrogens with two attached hydrogens (primary N) is 3. The number of primary amides is 2. The predicted octanol–water partition coefficient (Wildman–Crippen LogP) is -8.96. The zero-order valence-corrected chi connectivity index (χ0v) is 63.4. The maximum Gasteiger partial charge on any atom is 0.246 e. The van der Waals surface area contributed by atoms with Gasteiger partial charge >= 0.3 is 0 Å². The fraction of sp³-hybridized carbons (Fsp3) is 0.635. The molecular formula is C63H96N22O19S4. The topological polar surface area (TPSA) is 629 Å². The third-order valence-electron chi connectivity index (χ3n) is 17.5. The number of carbonyl (C=O) groups is 17. The largest absolute Gasteiger partial charge is 0.394 e. The minimum absolute atomic E-state index is 0.0226. The van der Waals surface area contributed by atoms with Crippen LogP contribution >= 0.6 is 43.2 Å². The second kappa shape index (κ2) is 42.4. The third kappa shape index (κ3) is 26.0. The summed E-state index contributed by atoms with van der Waals surface area (Å²) in [6, 6.07) is -23.6. The van der Waals surface area contributed by atoms with Gasteiger partial charge in [-0.3, -0.25) is 81.5 Å². The highest BCUT2D eigenvalue weighted by Gasteiger charge is 2.44. The molecule has 4 saturated heterocycles. The molecular weight excluding hydrogens is 1500 g/mol. The van der Waals surface area contributed by atoms with Gasteiger partial charge in [0.25, 0.3) is 0 Å². The molecule has 4 fully saturated rings. The Morgan fingerprint density at radius 2 is 0.935 bits per heavy atom. The van der Waals surface area contributed by atoms with E-state index in [2.05, 4.69) is 89.1 Å². The van der Waals surface area contributed by atoms with Crippen molar-refractivity contribution in [2.24, 2.45) is 29.0 Å². The van der Waals surface area contributed by atoms with Gasteiger partial charge in [0, 0.05) is 72.7 Å². The molecule has 2 aromatic rings. The van der Waals surface area contributed by atoms with E-state index in [9.17, 15) is 91.7 Å².